The second-order valence-corrected chi connectivity index (χ2v) is 6.01. The van der Waals surface area contributed by atoms with Crippen molar-refractivity contribution in [2.45, 2.75) is 23.6 Å². The van der Waals surface area contributed by atoms with Gasteiger partial charge in [0.05, 0.1) is 11.2 Å². The summed E-state index contributed by atoms with van der Waals surface area (Å²) < 4.78 is 0. The van der Waals surface area contributed by atoms with Crippen molar-refractivity contribution >= 4 is 28.4 Å². The second-order valence-electron chi connectivity index (χ2n) is 4.92. The lowest BCUT2D eigenvalue weighted by molar-refractivity contribution is 1.26. The summed E-state index contributed by atoms with van der Waals surface area (Å²) in [5, 5.41) is 1.11. The fourth-order valence-electron chi connectivity index (χ4n) is 2.29. The number of nitrogen functional groups attached to an aromatic ring is 1. The van der Waals surface area contributed by atoms with Crippen LogP contribution in [0.3, 0.4) is 0 Å². The Hall–Kier alpha value is -2.00. The number of anilines is 1. The third-order valence-electron chi connectivity index (χ3n) is 3.31. The summed E-state index contributed by atoms with van der Waals surface area (Å²) in [5.74, 6) is 0. The molecule has 0 unspecified atom stereocenters. The molecular formula is C17H16N2S. The molecule has 0 radical (unpaired) electrons. The predicted octanol–water partition coefficient (Wildman–Crippen LogP) is 4.59. The average molecular weight is 280 g/mol. The van der Waals surface area contributed by atoms with E-state index in [2.05, 4.69) is 43.1 Å². The lowest BCUT2D eigenvalue weighted by atomic mass is 10.2. The van der Waals surface area contributed by atoms with E-state index in [-0.39, 0.29) is 0 Å². The summed E-state index contributed by atoms with van der Waals surface area (Å²) in [6.07, 6.45) is 1.82. The first kappa shape index (κ1) is 13.0. The van der Waals surface area contributed by atoms with Crippen LogP contribution in [0.1, 0.15) is 11.1 Å². The van der Waals surface area contributed by atoms with Crippen LogP contribution in [0.25, 0.3) is 10.9 Å². The Labute approximate surface area is 123 Å². The molecule has 0 aliphatic rings. The van der Waals surface area contributed by atoms with Gasteiger partial charge in [-0.05, 0) is 37.6 Å². The van der Waals surface area contributed by atoms with Crippen molar-refractivity contribution in [3.05, 3.63) is 59.8 Å². The number of benzene rings is 2. The Balaban J connectivity index is 2.09. The molecule has 0 saturated heterocycles. The van der Waals surface area contributed by atoms with Gasteiger partial charge in [0.15, 0.2) is 0 Å². The smallest absolute Gasteiger partial charge is 0.0942 e. The number of fused-ring (bicyclic) bond motifs is 1. The molecule has 0 spiro atoms. The standard InChI is InChI=1S/C17H16N2S/c1-11-6-7-15(12(2)10-11)20-16-8-9-19-17-13(16)4-3-5-14(17)18/h3-10H,18H2,1-2H3. The third-order valence-corrected chi connectivity index (χ3v) is 4.57. The van der Waals surface area contributed by atoms with Gasteiger partial charge >= 0.3 is 0 Å². The summed E-state index contributed by atoms with van der Waals surface area (Å²) in [6, 6.07) is 14.5. The highest BCUT2D eigenvalue weighted by Gasteiger charge is 2.07. The number of aryl methyl sites for hydroxylation is 2. The van der Waals surface area contributed by atoms with E-state index in [4.69, 9.17) is 5.73 Å². The van der Waals surface area contributed by atoms with Crippen molar-refractivity contribution in [1.82, 2.24) is 4.98 Å². The van der Waals surface area contributed by atoms with Crippen molar-refractivity contribution in [3.8, 4) is 0 Å². The van der Waals surface area contributed by atoms with Gasteiger partial charge in [0.25, 0.3) is 0 Å². The summed E-state index contributed by atoms with van der Waals surface area (Å²) in [4.78, 5) is 6.84. The average Bonchev–Trinajstić information content (AvgIpc) is 2.43. The van der Waals surface area contributed by atoms with E-state index in [1.807, 2.05) is 24.4 Å². The van der Waals surface area contributed by atoms with Gasteiger partial charge < -0.3 is 5.73 Å². The van der Waals surface area contributed by atoms with Crippen LogP contribution in [-0.2, 0) is 0 Å². The largest absolute Gasteiger partial charge is 0.397 e. The maximum absolute atomic E-state index is 6.00. The fourth-order valence-corrected chi connectivity index (χ4v) is 3.29. The molecule has 0 bridgehead atoms. The van der Waals surface area contributed by atoms with Crippen molar-refractivity contribution in [3.63, 3.8) is 0 Å². The monoisotopic (exact) mass is 280 g/mol. The summed E-state index contributed by atoms with van der Waals surface area (Å²) in [6.45, 7) is 4.26. The van der Waals surface area contributed by atoms with Crippen molar-refractivity contribution < 1.29 is 0 Å². The highest BCUT2D eigenvalue weighted by atomic mass is 32.2. The SMILES string of the molecule is Cc1ccc(Sc2ccnc3c(N)cccc23)c(C)c1. The topological polar surface area (TPSA) is 38.9 Å². The van der Waals surface area contributed by atoms with E-state index < -0.39 is 0 Å². The van der Waals surface area contributed by atoms with Crippen LogP contribution in [0.5, 0.6) is 0 Å². The number of nitrogens with zero attached hydrogens (tertiary/aromatic N) is 1. The van der Waals surface area contributed by atoms with Crippen LogP contribution in [0.4, 0.5) is 5.69 Å². The Morgan fingerprint density at radius 3 is 2.65 bits per heavy atom. The summed E-state index contributed by atoms with van der Waals surface area (Å²) >= 11 is 1.77. The molecule has 0 atom stereocenters. The molecule has 0 saturated carbocycles. The molecule has 3 rings (SSSR count). The number of nitrogens with two attached hydrogens (primary N) is 1. The highest BCUT2D eigenvalue weighted by molar-refractivity contribution is 7.99. The molecule has 100 valence electrons. The zero-order chi connectivity index (χ0) is 14.1. The van der Waals surface area contributed by atoms with Gasteiger partial charge in [0.1, 0.15) is 0 Å². The van der Waals surface area contributed by atoms with E-state index in [0.29, 0.717) is 0 Å². The third kappa shape index (κ3) is 2.37. The molecule has 3 heteroatoms. The second kappa shape index (κ2) is 5.17. The lowest BCUT2D eigenvalue weighted by Gasteiger charge is -2.09. The van der Waals surface area contributed by atoms with Gasteiger partial charge in [-0.3, -0.25) is 4.98 Å². The first-order chi connectivity index (χ1) is 9.65. The molecular weight excluding hydrogens is 264 g/mol. The van der Waals surface area contributed by atoms with Gasteiger partial charge in [-0.2, -0.15) is 0 Å². The first-order valence-electron chi connectivity index (χ1n) is 6.53. The van der Waals surface area contributed by atoms with E-state index in [1.165, 1.54) is 20.9 Å². The molecule has 0 aliphatic heterocycles. The highest BCUT2D eigenvalue weighted by Crippen LogP contribution is 2.35. The number of pyridine rings is 1. The summed E-state index contributed by atoms with van der Waals surface area (Å²) in [5.41, 5.74) is 10.2. The van der Waals surface area contributed by atoms with Crippen LogP contribution in [0.15, 0.2) is 58.5 Å². The summed E-state index contributed by atoms with van der Waals surface area (Å²) in [7, 11) is 0. The number of para-hydroxylation sites is 1. The van der Waals surface area contributed by atoms with E-state index in [1.54, 1.807) is 11.8 Å². The molecule has 2 aromatic carbocycles. The Bertz CT molecular complexity index is 781. The van der Waals surface area contributed by atoms with Crippen molar-refractivity contribution in [2.24, 2.45) is 0 Å². The van der Waals surface area contributed by atoms with Gasteiger partial charge in [0.2, 0.25) is 0 Å². The first-order valence-corrected chi connectivity index (χ1v) is 7.35. The van der Waals surface area contributed by atoms with Gasteiger partial charge in [-0.1, -0.05) is 41.6 Å². The number of hydrogen-bond acceptors (Lipinski definition) is 3. The molecule has 2 nitrogen and oxygen atoms in total. The van der Waals surface area contributed by atoms with Gasteiger partial charge in [-0.15, -0.1) is 0 Å². The fraction of sp³-hybridized carbons (Fsp3) is 0.118. The molecule has 1 aromatic heterocycles. The predicted molar refractivity (Wildman–Crippen MR) is 86.2 cm³/mol. The van der Waals surface area contributed by atoms with Crippen molar-refractivity contribution in [1.29, 1.82) is 0 Å². The molecule has 1 heterocycles. The zero-order valence-electron chi connectivity index (χ0n) is 11.6. The molecule has 20 heavy (non-hydrogen) atoms. The van der Waals surface area contributed by atoms with Crippen LogP contribution in [0.2, 0.25) is 0 Å². The molecule has 2 N–H and O–H groups in total. The van der Waals surface area contributed by atoms with Crippen LogP contribution in [0, 0.1) is 13.8 Å². The minimum atomic E-state index is 0.727. The Kier molecular flexibility index (Phi) is 3.36. The van der Waals surface area contributed by atoms with Crippen molar-refractivity contribution in [2.75, 3.05) is 5.73 Å². The quantitative estimate of drug-likeness (QED) is 0.698. The normalized spacial score (nSPS) is 10.9. The maximum Gasteiger partial charge on any atom is 0.0942 e. The van der Waals surface area contributed by atoms with E-state index >= 15 is 0 Å². The molecule has 3 aromatic rings. The van der Waals surface area contributed by atoms with Gasteiger partial charge in [-0.25, -0.2) is 0 Å². The maximum atomic E-state index is 6.00. The minimum absolute atomic E-state index is 0.727. The van der Waals surface area contributed by atoms with E-state index in [9.17, 15) is 0 Å². The Morgan fingerprint density at radius 2 is 1.85 bits per heavy atom. The molecule has 0 aliphatic carbocycles. The minimum Gasteiger partial charge on any atom is -0.397 e. The zero-order valence-corrected chi connectivity index (χ0v) is 12.4. The lowest BCUT2D eigenvalue weighted by Crippen LogP contribution is -1.90. The van der Waals surface area contributed by atoms with Crippen LogP contribution in [-0.4, -0.2) is 4.98 Å². The molecule has 0 fully saturated rings. The number of hydrogen-bond donors (Lipinski definition) is 1. The number of aromatic nitrogens is 1. The molecule has 0 amide bonds. The Morgan fingerprint density at radius 1 is 1.00 bits per heavy atom. The number of rotatable bonds is 2. The van der Waals surface area contributed by atoms with Gasteiger partial charge in [0, 0.05) is 21.4 Å². The van der Waals surface area contributed by atoms with Crippen LogP contribution >= 0.6 is 11.8 Å². The van der Waals surface area contributed by atoms with E-state index in [0.717, 1.165) is 16.6 Å². The van der Waals surface area contributed by atoms with Crippen LogP contribution < -0.4 is 5.73 Å².